The molecule has 0 aromatic rings. The summed E-state index contributed by atoms with van der Waals surface area (Å²) < 4.78 is 11.1. The number of nitrogens with one attached hydrogen (secondary N) is 1. The highest BCUT2D eigenvalue weighted by Gasteiger charge is 2.33. The van der Waals surface area contributed by atoms with Gasteiger partial charge in [-0.2, -0.15) is 0 Å². The molecule has 2 aliphatic heterocycles. The molecule has 0 saturated carbocycles. The molecule has 6 nitrogen and oxygen atoms in total. The molecule has 17 heavy (non-hydrogen) atoms. The third-order valence-corrected chi connectivity index (χ3v) is 3.23. The Labute approximate surface area is 99.9 Å². The second-order valence-electron chi connectivity index (χ2n) is 4.68. The maximum absolute atomic E-state index is 10.6. The van der Waals surface area contributed by atoms with Gasteiger partial charge in [-0.25, -0.2) is 0 Å². The van der Waals surface area contributed by atoms with Gasteiger partial charge >= 0.3 is 5.97 Å². The van der Waals surface area contributed by atoms with Crippen LogP contribution in [0.15, 0.2) is 0 Å². The van der Waals surface area contributed by atoms with Crippen molar-refractivity contribution < 1.29 is 24.5 Å². The van der Waals surface area contributed by atoms with Gasteiger partial charge < -0.3 is 25.0 Å². The molecule has 0 aliphatic carbocycles. The third kappa shape index (κ3) is 3.64. The molecule has 0 spiro atoms. The molecular weight excluding hydrogens is 226 g/mol. The number of carbonyl (C=O) groups is 1. The lowest BCUT2D eigenvalue weighted by atomic mass is 9.96. The van der Waals surface area contributed by atoms with Crippen LogP contribution in [0.3, 0.4) is 0 Å². The van der Waals surface area contributed by atoms with Gasteiger partial charge in [-0.15, -0.1) is 0 Å². The van der Waals surface area contributed by atoms with Gasteiger partial charge in [-0.1, -0.05) is 0 Å². The van der Waals surface area contributed by atoms with E-state index >= 15 is 0 Å². The van der Waals surface area contributed by atoms with E-state index in [0.717, 1.165) is 12.8 Å². The summed E-state index contributed by atoms with van der Waals surface area (Å²) in [6.45, 7) is 1.20. The molecule has 0 aromatic carbocycles. The highest BCUT2D eigenvalue weighted by molar-refractivity contribution is 5.67. The van der Waals surface area contributed by atoms with Crippen LogP contribution < -0.4 is 5.32 Å². The number of carboxylic acids is 1. The maximum Gasteiger partial charge on any atom is 0.305 e. The Morgan fingerprint density at radius 2 is 2.18 bits per heavy atom. The molecule has 0 unspecified atom stereocenters. The van der Waals surface area contributed by atoms with Gasteiger partial charge in [-0.3, -0.25) is 4.79 Å². The number of ether oxygens (including phenoxy) is 2. The highest BCUT2D eigenvalue weighted by Crippen LogP contribution is 2.23. The monoisotopic (exact) mass is 245 g/mol. The van der Waals surface area contributed by atoms with E-state index in [1.54, 1.807) is 0 Å². The summed E-state index contributed by atoms with van der Waals surface area (Å²) in [5.41, 5.74) is 0. The smallest absolute Gasteiger partial charge is 0.305 e. The number of rotatable bonds is 2. The summed E-state index contributed by atoms with van der Waals surface area (Å²) >= 11 is 0. The van der Waals surface area contributed by atoms with E-state index < -0.39 is 12.1 Å². The topological polar surface area (TPSA) is 88.0 Å². The average Bonchev–Trinajstić information content (AvgIpc) is 2.24. The largest absolute Gasteiger partial charge is 0.481 e. The molecule has 0 amide bonds. The average molecular weight is 245 g/mol. The zero-order valence-electron chi connectivity index (χ0n) is 9.67. The summed E-state index contributed by atoms with van der Waals surface area (Å²) in [5.74, 6) is -0.830. The van der Waals surface area contributed by atoms with Crippen LogP contribution in [-0.2, 0) is 14.3 Å². The SMILES string of the molecule is O=C(O)C[C@H]1CC[C@@H]2NC[C@H](O)COC[C@H]2O1. The van der Waals surface area contributed by atoms with Crippen molar-refractivity contribution in [3.8, 4) is 0 Å². The van der Waals surface area contributed by atoms with Crippen molar-refractivity contribution in [1.29, 1.82) is 0 Å². The number of aliphatic hydroxyl groups is 1. The van der Waals surface area contributed by atoms with E-state index in [0.29, 0.717) is 19.8 Å². The third-order valence-electron chi connectivity index (χ3n) is 3.23. The van der Waals surface area contributed by atoms with E-state index in [9.17, 15) is 9.90 Å². The first-order chi connectivity index (χ1) is 8.15. The lowest BCUT2D eigenvalue weighted by Crippen LogP contribution is -2.53. The van der Waals surface area contributed by atoms with Crippen molar-refractivity contribution in [1.82, 2.24) is 5.32 Å². The first-order valence-corrected chi connectivity index (χ1v) is 6.01. The quantitative estimate of drug-likeness (QED) is 0.599. The summed E-state index contributed by atoms with van der Waals surface area (Å²) in [6.07, 6.45) is 0.831. The van der Waals surface area contributed by atoms with Crippen LogP contribution in [0.1, 0.15) is 19.3 Å². The Kier molecular flexibility index (Phi) is 4.33. The van der Waals surface area contributed by atoms with E-state index in [2.05, 4.69) is 5.32 Å². The van der Waals surface area contributed by atoms with Gasteiger partial charge in [0, 0.05) is 12.6 Å². The van der Waals surface area contributed by atoms with Crippen molar-refractivity contribution in [3.63, 3.8) is 0 Å². The minimum absolute atomic E-state index is 0.0475. The van der Waals surface area contributed by atoms with Gasteiger partial charge in [0.05, 0.1) is 37.9 Å². The Hall–Kier alpha value is -0.690. The van der Waals surface area contributed by atoms with Crippen molar-refractivity contribution >= 4 is 5.97 Å². The first-order valence-electron chi connectivity index (χ1n) is 6.01. The van der Waals surface area contributed by atoms with Crippen LogP contribution in [0.4, 0.5) is 0 Å². The number of carboxylic acid groups (broad SMARTS) is 1. The van der Waals surface area contributed by atoms with Crippen molar-refractivity contribution in [2.24, 2.45) is 0 Å². The van der Waals surface area contributed by atoms with Crippen molar-refractivity contribution in [2.75, 3.05) is 19.8 Å². The summed E-state index contributed by atoms with van der Waals surface area (Å²) in [7, 11) is 0. The van der Waals surface area contributed by atoms with Crippen LogP contribution in [0.5, 0.6) is 0 Å². The first kappa shape index (κ1) is 12.8. The predicted molar refractivity (Wildman–Crippen MR) is 58.8 cm³/mol. The van der Waals surface area contributed by atoms with E-state index in [-0.39, 0.29) is 24.7 Å². The molecule has 2 heterocycles. The lowest BCUT2D eigenvalue weighted by molar-refractivity contribution is -0.149. The zero-order chi connectivity index (χ0) is 12.3. The number of aliphatic hydroxyl groups excluding tert-OH is 1. The molecule has 2 aliphatic rings. The molecular formula is C11H19NO5. The van der Waals surface area contributed by atoms with Crippen LogP contribution in [0.2, 0.25) is 0 Å². The summed E-state index contributed by atoms with van der Waals surface area (Å²) in [4.78, 5) is 10.6. The molecule has 2 saturated heterocycles. The van der Waals surface area contributed by atoms with Gasteiger partial charge in [0.2, 0.25) is 0 Å². The number of fused-ring (bicyclic) bond motifs is 1. The van der Waals surface area contributed by atoms with Gasteiger partial charge in [0.25, 0.3) is 0 Å². The Morgan fingerprint density at radius 3 is 2.94 bits per heavy atom. The predicted octanol–water partition coefficient (Wildman–Crippen LogP) is -0.642. The normalized spacial score (nSPS) is 38.9. The minimum Gasteiger partial charge on any atom is -0.481 e. The van der Waals surface area contributed by atoms with Crippen molar-refractivity contribution in [3.05, 3.63) is 0 Å². The lowest BCUT2D eigenvalue weighted by Gasteiger charge is -2.38. The number of hydrogen-bond acceptors (Lipinski definition) is 5. The number of hydrogen-bond donors (Lipinski definition) is 3. The molecule has 0 bridgehead atoms. The van der Waals surface area contributed by atoms with Crippen LogP contribution in [0.25, 0.3) is 0 Å². The molecule has 4 atom stereocenters. The molecule has 0 radical (unpaired) electrons. The Bertz CT molecular complexity index is 273. The van der Waals surface area contributed by atoms with Crippen LogP contribution in [-0.4, -0.2) is 60.3 Å². The standard InChI is InChI=1S/C11H19NO5/c13-7-4-12-9-2-1-8(3-11(14)15)17-10(9)6-16-5-7/h7-10,12-13H,1-6H2,(H,14,15)/t7-,8+,9-,10+/m0/s1. The van der Waals surface area contributed by atoms with E-state index in [1.165, 1.54) is 0 Å². The Morgan fingerprint density at radius 1 is 1.35 bits per heavy atom. The summed E-state index contributed by atoms with van der Waals surface area (Å²) in [6, 6.07) is 0.148. The second kappa shape index (κ2) is 5.77. The fraction of sp³-hybridized carbons (Fsp3) is 0.909. The molecule has 6 heteroatoms. The van der Waals surface area contributed by atoms with E-state index in [1.807, 2.05) is 0 Å². The fourth-order valence-corrected chi connectivity index (χ4v) is 2.36. The van der Waals surface area contributed by atoms with Gasteiger partial charge in [0.1, 0.15) is 0 Å². The zero-order valence-corrected chi connectivity index (χ0v) is 9.67. The van der Waals surface area contributed by atoms with Crippen LogP contribution >= 0.6 is 0 Å². The molecule has 2 fully saturated rings. The molecule has 0 aromatic heterocycles. The minimum atomic E-state index is -0.830. The number of β-amino-alcohol motifs (C(OH)–C–C–N with tert-alkyl or cyclic N) is 1. The van der Waals surface area contributed by atoms with Gasteiger partial charge in [0.15, 0.2) is 0 Å². The highest BCUT2D eigenvalue weighted by atomic mass is 16.5. The molecule has 3 N–H and O–H groups in total. The van der Waals surface area contributed by atoms with E-state index in [4.69, 9.17) is 14.6 Å². The molecule has 98 valence electrons. The van der Waals surface area contributed by atoms with Gasteiger partial charge in [-0.05, 0) is 12.8 Å². The maximum atomic E-state index is 10.6. The number of aliphatic carboxylic acids is 1. The molecule has 2 rings (SSSR count). The second-order valence-corrected chi connectivity index (χ2v) is 4.68. The van der Waals surface area contributed by atoms with Crippen LogP contribution in [0, 0.1) is 0 Å². The Balaban J connectivity index is 1.88. The fourth-order valence-electron chi connectivity index (χ4n) is 2.36. The van der Waals surface area contributed by atoms with Crippen molar-refractivity contribution in [2.45, 2.75) is 43.6 Å². The summed E-state index contributed by atoms with van der Waals surface area (Å²) in [5, 5.41) is 21.5.